The predicted octanol–water partition coefficient (Wildman–Crippen LogP) is 3.52. The first-order valence-electron chi connectivity index (χ1n) is 6.71. The normalized spacial score (nSPS) is 13.1. The number of carboxylic acid groups (broad SMARTS) is 1. The molecule has 3 heteroatoms. The van der Waals surface area contributed by atoms with E-state index in [1.807, 2.05) is 12.2 Å². The van der Waals surface area contributed by atoms with Crippen LogP contribution in [0.4, 0.5) is 0 Å². The van der Waals surface area contributed by atoms with Crippen molar-refractivity contribution in [3.8, 4) is 0 Å². The summed E-state index contributed by atoms with van der Waals surface area (Å²) in [6, 6.07) is 0. The highest BCUT2D eigenvalue weighted by Gasteiger charge is 2.06. The van der Waals surface area contributed by atoms with Crippen molar-refractivity contribution in [1.29, 1.82) is 0 Å². The number of hydrogen-bond acceptors (Lipinski definition) is 2. The maximum Gasteiger partial charge on any atom is 0.305 e. The van der Waals surface area contributed by atoms with Gasteiger partial charge in [0, 0.05) is 0 Å². The quantitative estimate of drug-likeness (QED) is 0.430. The van der Waals surface area contributed by atoms with Gasteiger partial charge in [0.05, 0.1) is 12.5 Å². The fourth-order valence-electron chi connectivity index (χ4n) is 1.70. The molecule has 0 amide bonds. The van der Waals surface area contributed by atoms with E-state index in [-0.39, 0.29) is 6.42 Å². The molecule has 1 atom stereocenters. The number of carboxylic acids is 1. The summed E-state index contributed by atoms with van der Waals surface area (Å²) in [6.45, 7) is 2.21. The van der Waals surface area contributed by atoms with E-state index in [9.17, 15) is 9.90 Å². The fourth-order valence-corrected chi connectivity index (χ4v) is 1.70. The smallest absolute Gasteiger partial charge is 0.305 e. The number of aliphatic carboxylic acids is 1. The first kappa shape index (κ1) is 16.2. The first-order chi connectivity index (χ1) is 8.16. The van der Waals surface area contributed by atoms with Crippen molar-refractivity contribution in [1.82, 2.24) is 0 Å². The van der Waals surface area contributed by atoms with E-state index in [4.69, 9.17) is 5.11 Å². The van der Waals surface area contributed by atoms with Crippen LogP contribution in [-0.4, -0.2) is 22.3 Å². The van der Waals surface area contributed by atoms with Gasteiger partial charge in [0.1, 0.15) is 0 Å². The molecule has 0 aromatic rings. The molecule has 0 aromatic carbocycles. The summed E-state index contributed by atoms with van der Waals surface area (Å²) >= 11 is 0. The van der Waals surface area contributed by atoms with Crippen LogP contribution in [0.2, 0.25) is 0 Å². The molecule has 0 bridgehead atoms. The van der Waals surface area contributed by atoms with Crippen LogP contribution in [0.15, 0.2) is 12.2 Å². The number of rotatable bonds is 11. The Morgan fingerprint density at radius 1 is 1.12 bits per heavy atom. The van der Waals surface area contributed by atoms with Gasteiger partial charge in [0.25, 0.3) is 0 Å². The molecule has 0 aliphatic heterocycles. The summed E-state index contributed by atoms with van der Waals surface area (Å²) in [6.07, 6.45) is 12.2. The number of allylic oxidation sites excluding steroid dienone is 1. The van der Waals surface area contributed by atoms with Crippen LogP contribution in [0, 0.1) is 0 Å². The second-order valence-corrected chi connectivity index (χ2v) is 4.52. The minimum absolute atomic E-state index is 0.165. The van der Waals surface area contributed by atoms with Crippen molar-refractivity contribution in [3.05, 3.63) is 12.2 Å². The van der Waals surface area contributed by atoms with Crippen LogP contribution < -0.4 is 0 Å². The molecule has 3 nitrogen and oxygen atoms in total. The third-order valence-corrected chi connectivity index (χ3v) is 2.71. The molecule has 17 heavy (non-hydrogen) atoms. The van der Waals surface area contributed by atoms with E-state index < -0.39 is 12.1 Å². The average Bonchev–Trinajstić information content (AvgIpc) is 2.26. The SMILES string of the molecule is CCCCCCCC/C=C\CC(O)CC(=O)O. The summed E-state index contributed by atoms with van der Waals surface area (Å²) in [5, 5.41) is 17.7. The Labute approximate surface area is 105 Å². The van der Waals surface area contributed by atoms with Crippen LogP contribution in [0.5, 0.6) is 0 Å². The van der Waals surface area contributed by atoms with Crippen LogP contribution in [-0.2, 0) is 4.79 Å². The fraction of sp³-hybridized carbons (Fsp3) is 0.786. The Kier molecular flexibility index (Phi) is 11.1. The number of hydrogen-bond donors (Lipinski definition) is 2. The van der Waals surface area contributed by atoms with Gasteiger partial charge < -0.3 is 10.2 Å². The van der Waals surface area contributed by atoms with E-state index in [1.54, 1.807) is 0 Å². The zero-order chi connectivity index (χ0) is 12.9. The second-order valence-electron chi connectivity index (χ2n) is 4.52. The Balaban J connectivity index is 3.27. The zero-order valence-electron chi connectivity index (χ0n) is 10.9. The molecule has 0 saturated carbocycles. The lowest BCUT2D eigenvalue weighted by molar-refractivity contribution is -0.139. The summed E-state index contributed by atoms with van der Waals surface area (Å²) in [7, 11) is 0. The van der Waals surface area contributed by atoms with Gasteiger partial charge in [-0.2, -0.15) is 0 Å². The molecule has 0 heterocycles. The van der Waals surface area contributed by atoms with Gasteiger partial charge in [-0.25, -0.2) is 0 Å². The van der Waals surface area contributed by atoms with Gasteiger partial charge in [0.15, 0.2) is 0 Å². The molecule has 0 aliphatic carbocycles. The highest BCUT2D eigenvalue weighted by atomic mass is 16.4. The van der Waals surface area contributed by atoms with Crippen molar-refractivity contribution < 1.29 is 15.0 Å². The highest BCUT2D eigenvalue weighted by molar-refractivity contribution is 5.67. The molecule has 0 aliphatic rings. The molecular weight excluding hydrogens is 216 g/mol. The molecule has 0 fully saturated rings. The van der Waals surface area contributed by atoms with E-state index in [2.05, 4.69) is 6.92 Å². The highest BCUT2D eigenvalue weighted by Crippen LogP contribution is 2.07. The molecule has 100 valence electrons. The van der Waals surface area contributed by atoms with Gasteiger partial charge in [-0.1, -0.05) is 51.2 Å². The topological polar surface area (TPSA) is 57.5 Å². The third kappa shape index (κ3) is 13.1. The Morgan fingerprint density at radius 3 is 2.41 bits per heavy atom. The summed E-state index contributed by atoms with van der Waals surface area (Å²) in [4.78, 5) is 10.3. The first-order valence-corrected chi connectivity index (χ1v) is 6.71. The lowest BCUT2D eigenvalue weighted by atomic mass is 10.1. The van der Waals surface area contributed by atoms with E-state index in [0.717, 1.165) is 6.42 Å². The molecule has 0 aromatic heterocycles. The maximum atomic E-state index is 10.3. The lowest BCUT2D eigenvalue weighted by Gasteiger charge is -2.02. The Morgan fingerprint density at radius 2 is 1.76 bits per heavy atom. The lowest BCUT2D eigenvalue weighted by Crippen LogP contribution is -2.11. The van der Waals surface area contributed by atoms with E-state index in [0.29, 0.717) is 6.42 Å². The predicted molar refractivity (Wildman–Crippen MR) is 70.0 cm³/mol. The van der Waals surface area contributed by atoms with Gasteiger partial charge in [-0.05, 0) is 19.3 Å². The minimum Gasteiger partial charge on any atom is -0.481 e. The number of unbranched alkanes of at least 4 members (excludes halogenated alkanes) is 6. The van der Waals surface area contributed by atoms with Crippen molar-refractivity contribution in [2.45, 2.75) is 70.8 Å². The van der Waals surface area contributed by atoms with E-state index in [1.165, 1.54) is 38.5 Å². The standard InChI is InChI=1S/C14H26O3/c1-2-3-4-5-6-7-8-9-10-11-13(15)12-14(16)17/h9-10,13,15H,2-8,11-12H2,1H3,(H,16,17)/b10-9-. The van der Waals surface area contributed by atoms with E-state index >= 15 is 0 Å². The largest absolute Gasteiger partial charge is 0.481 e. The minimum atomic E-state index is -0.943. The Bertz CT molecular complexity index is 212. The summed E-state index contributed by atoms with van der Waals surface area (Å²) < 4.78 is 0. The third-order valence-electron chi connectivity index (χ3n) is 2.71. The van der Waals surface area contributed by atoms with Gasteiger partial charge in [-0.3, -0.25) is 4.79 Å². The van der Waals surface area contributed by atoms with Crippen molar-refractivity contribution >= 4 is 5.97 Å². The molecule has 0 saturated heterocycles. The van der Waals surface area contributed by atoms with Crippen molar-refractivity contribution in [2.75, 3.05) is 0 Å². The number of aliphatic hydroxyl groups excluding tert-OH is 1. The van der Waals surface area contributed by atoms with Gasteiger partial charge in [0.2, 0.25) is 0 Å². The van der Waals surface area contributed by atoms with Crippen molar-refractivity contribution in [2.24, 2.45) is 0 Å². The molecule has 0 rings (SSSR count). The molecule has 2 N–H and O–H groups in total. The molecule has 0 spiro atoms. The molecular formula is C14H26O3. The second kappa shape index (κ2) is 11.6. The molecule has 1 unspecified atom stereocenters. The van der Waals surface area contributed by atoms with Crippen LogP contribution in [0.3, 0.4) is 0 Å². The molecule has 0 radical (unpaired) electrons. The van der Waals surface area contributed by atoms with Crippen LogP contribution in [0.1, 0.15) is 64.7 Å². The maximum absolute atomic E-state index is 10.3. The van der Waals surface area contributed by atoms with Crippen molar-refractivity contribution in [3.63, 3.8) is 0 Å². The zero-order valence-corrected chi connectivity index (χ0v) is 10.9. The summed E-state index contributed by atoms with van der Waals surface area (Å²) in [5.74, 6) is -0.943. The van der Waals surface area contributed by atoms with Crippen LogP contribution >= 0.6 is 0 Å². The number of carbonyl (C=O) groups is 1. The summed E-state index contributed by atoms with van der Waals surface area (Å²) in [5.41, 5.74) is 0. The average molecular weight is 242 g/mol. The van der Waals surface area contributed by atoms with Gasteiger partial charge >= 0.3 is 5.97 Å². The Hall–Kier alpha value is -0.830. The van der Waals surface area contributed by atoms with Gasteiger partial charge in [-0.15, -0.1) is 0 Å². The van der Waals surface area contributed by atoms with Crippen LogP contribution in [0.25, 0.3) is 0 Å². The monoisotopic (exact) mass is 242 g/mol. The number of aliphatic hydroxyl groups is 1.